The topological polar surface area (TPSA) is 131 Å². The Bertz CT molecular complexity index is 1490. The summed E-state index contributed by atoms with van der Waals surface area (Å²) in [5, 5.41) is 13.6. The molecule has 3 aromatic rings. The highest BCUT2D eigenvalue weighted by molar-refractivity contribution is 6.47. The van der Waals surface area contributed by atoms with Gasteiger partial charge in [-0.2, -0.15) is 10.4 Å². The van der Waals surface area contributed by atoms with Crippen molar-refractivity contribution in [2.75, 3.05) is 13.1 Å². The number of nitrogens with zero attached hydrogens (tertiary/aromatic N) is 6. The number of carbonyl (C=O) groups is 1. The molecule has 0 unspecified atom stereocenters. The molecule has 2 aromatic heterocycles. The number of nitrogens with two attached hydrogens (primary N) is 1. The van der Waals surface area contributed by atoms with Gasteiger partial charge in [-0.1, -0.05) is 18.2 Å². The molecular weight excluding hydrogens is 513 g/mol. The molecule has 1 amide bonds. The minimum Gasteiger partial charge on any atom is -0.471 e. The average Bonchev–Trinajstić information content (AvgIpc) is 3.32. The lowest BCUT2D eigenvalue weighted by molar-refractivity contribution is 0.0207. The van der Waals surface area contributed by atoms with Crippen LogP contribution in [0.4, 0.5) is 9.18 Å². The molecule has 1 aliphatic rings. The van der Waals surface area contributed by atoms with Crippen LogP contribution in [0.1, 0.15) is 70.4 Å². The van der Waals surface area contributed by atoms with E-state index in [9.17, 15) is 14.4 Å². The molecule has 1 saturated heterocycles. The lowest BCUT2D eigenvalue weighted by Gasteiger charge is -2.32. The second kappa shape index (κ2) is 11.7. The second-order valence-corrected chi connectivity index (χ2v) is 10.7. The standard InChI is InChI=1S/C29H34FN7O3/c1-18(34-21-10-12-36(13-11-21)28(38)40-29(3,4)5)27(35-32)20-14-25-33-17-22(16-31)37(25)26(15-20)39-19(2)23-8-6-7-9-24(23)30/h6-9,14-15,17,19,21H,10-13,32H2,1-5H3/b34-18?,35-27+/t19-/m1/s1. The van der Waals surface area contributed by atoms with Gasteiger partial charge in [0.2, 0.25) is 5.88 Å². The van der Waals surface area contributed by atoms with Crippen molar-refractivity contribution >= 4 is 23.2 Å². The van der Waals surface area contributed by atoms with Crippen LogP contribution in [0.5, 0.6) is 5.88 Å². The van der Waals surface area contributed by atoms with Crippen LogP contribution >= 0.6 is 0 Å². The predicted octanol–water partition coefficient (Wildman–Crippen LogP) is 5.01. The first-order valence-corrected chi connectivity index (χ1v) is 13.1. The van der Waals surface area contributed by atoms with Crippen LogP contribution in [0.25, 0.3) is 5.65 Å². The largest absolute Gasteiger partial charge is 0.471 e. The van der Waals surface area contributed by atoms with E-state index in [1.807, 2.05) is 27.7 Å². The smallest absolute Gasteiger partial charge is 0.410 e. The van der Waals surface area contributed by atoms with E-state index in [-0.39, 0.29) is 23.7 Å². The molecule has 1 aromatic carbocycles. The highest BCUT2D eigenvalue weighted by Gasteiger charge is 2.27. The van der Waals surface area contributed by atoms with Crippen LogP contribution in [-0.2, 0) is 4.74 Å². The third-order valence-electron chi connectivity index (χ3n) is 6.57. The van der Waals surface area contributed by atoms with Gasteiger partial charge < -0.3 is 20.2 Å². The summed E-state index contributed by atoms with van der Waals surface area (Å²) in [6.07, 6.45) is 1.81. The third kappa shape index (κ3) is 6.39. The maximum absolute atomic E-state index is 14.4. The molecule has 0 aliphatic carbocycles. The van der Waals surface area contributed by atoms with Gasteiger partial charge in [0.25, 0.3) is 0 Å². The number of hydrogen-bond acceptors (Lipinski definition) is 8. The lowest BCUT2D eigenvalue weighted by Crippen LogP contribution is -2.42. The zero-order valence-electron chi connectivity index (χ0n) is 23.4. The first kappa shape index (κ1) is 28.5. The molecule has 0 spiro atoms. The molecule has 1 fully saturated rings. The molecule has 1 atom stereocenters. The maximum Gasteiger partial charge on any atom is 0.410 e. The molecule has 3 heterocycles. The fourth-order valence-electron chi connectivity index (χ4n) is 4.65. The van der Waals surface area contributed by atoms with Gasteiger partial charge in [-0.15, -0.1) is 0 Å². The van der Waals surface area contributed by atoms with Gasteiger partial charge >= 0.3 is 6.09 Å². The number of nitriles is 1. The van der Waals surface area contributed by atoms with Crippen molar-refractivity contribution in [3.63, 3.8) is 0 Å². The van der Waals surface area contributed by atoms with Crippen LogP contribution in [0.2, 0.25) is 0 Å². The Balaban J connectivity index is 1.58. The van der Waals surface area contributed by atoms with Crippen molar-refractivity contribution in [3.8, 4) is 11.9 Å². The molecule has 40 heavy (non-hydrogen) atoms. The number of aliphatic imine (C=N–C) groups is 1. The van der Waals surface area contributed by atoms with E-state index in [1.165, 1.54) is 12.3 Å². The first-order chi connectivity index (χ1) is 19.0. The molecule has 2 N–H and O–H groups in total. The molecule has 4 rings (SSSR count). The number of hydrogen-bond donors (Lipinski definition) is 1. The van der Waals surface area contributed by atoms with Crippen LogP contribution in [-0.4, -0.2) is 56.5 Å². The summed E-state index contributed by atoms with van der Waals surface area (Å²) in [4.78, 5) is 23.3. The van der Waals surface area contributed by atoms with Crippen LogP contribution in [0, 0.1) is 17.1 Å². The minimum absolute atomic E-state index is 0.0208. The van der Waals surface area contributed by atoms with E-state index in [2.05, 4.69) is 16.2 Å². The summed E-state index contributed by atoms with van der Waals surface area (Å²) < 4.78 is 27.7. The number of piperidine rings is 1. The maximum atomic E-state index is 14.4. The van der Waals surface area contributed by atoms with Crippen LogP contribution in [0.3, 0.4) is 0 Å². The molecule has 1 aliphatic heterocycles. The Labute approximate surface area is 232 Å². The summed E-state index contributed by atoms with van der Waals surface area (Å²) in [5.41, 5.74) is 2.19. The van der Waals surface area contributed by atoms with E-state index in [0.29, 0.717) is 54.1 Å². The number of imidazole rings is 1. The average molecular weight is 548 g/mol. The van der Waals surface area contributed by atoms with Gasteiger partial charge in [0.15, 0.2) is 0 Å². The summed E-state index contributed by atoms with van der Waals surface area (Å²) in [6, 6.07) is 11.9. The van der Waals surface area contributed by atoms with Crippen molar-refractivity contribution in [2.45, 2.75) is 65.2 Å². The van der Waals surface area contributed by atoms with Gasteiger partial charge in [0.1, 0.15) is 40.6 Å². The van der Waals surface area contributed by atoms with Gasteiger partial charge in [-0.3, -0.25) is 9.39 Å². The number of pyridine rings is 1. The Morgan fingerprint density at radius 2 is 1.95 bits per heavy atom. The monoisotopic (exact) mass is 547 g/mol. The van der Waals surface area contributed by atoms with E-state index in [1.54, 1.807) is 46.6 Å². The Morgan fingerprint density at radius 3 is 2.58 bits per heavy atom. The van der Waals surface area contributed by atoms with Crippen molar-refractivity contribution < 1.29 is 18.7 Å². The van der Waals surface area contributed by atoms with Crippen molar-refractivity contribution in [3.05, 3.63) is 65.2 Å². The minimum atomic E-state index is -0.656. The normalized spacial score (nSPS) is 16.1. The van der Waals surface area contributed by atoms with Gasteiger partial charge in [-0.05, 0) is 59.6 Å². The van der Waals surface area contributed by atoms with E-state index in [0.717, 1.165) is 0 Å². The molecule has 0 radical (unpaired) electrons. The van der Waals surface area contributed by atoms with Crippen molar-refractivity contribution in [1.29, 1.82) is 5.26 Å². The number of amides is 1. The van der Waals surface area contributed by atoms with Gasteiger partial charge in [0.05, 0.1) is 18.0 Å². The summed E-state index contributed by atoms with van der Waals surface area (Å²) in [5.74, 6) is 5.74. The molecule has 0 saturated carbocycles. The number of likely N-dealkylation sites (tertiary alicyclic amines) is 1. The zero-order valence-corrected chi connectivity index (χ0v) is 23.4. The third-order valence-corrected chi connectivity index (χ3v) is 6.57. The van der Waals surface area contributed by atoms with Crippen molar-refractivity contribution in [2.24, 2.45) is 15.9 Å². The molecule has 11 heteroatoms. The van der Waals surface area contributed by atoms with Gasteiger partial charge in [-0.25, -0.2) is 14.2 Å². The van der Waals surface area contributed by atoms with Crippen LogP contribution in [0.15, 0.2) is 52.7 Å². The number of rotatable bonds is 6. The van der Waals surface area contributed by atoms with Gasteiger partial charge in [0, 0.05) is 30.3 Å². The number of carbonyl (C=O) groups excluding carboxylic acids is 1. The quantitative estimate of drug-likeness (QED) is 0.262. The fourth-order valence-corrected chi connectivity index (χ4v) is 4.65. The lowest BCUT2D eigenvalue weighted by atomic mass is 10.0. The highest BCUT2D eigenvalue weighted by Crippen LogP contribution is 2.28. The molecule has 10 nitrogen and oxygen atoms in total. The zero-order chi connectivity index (χ0) is 29.0. The SMILES string of the molecule is CC(=NC1CCN(C(=O)OC(C)(C)C)CC1)/C(=N\N)c1cc(O[C@H](C)c2ccccc2F)n2c(C#N)cnc2c1. The fraction of sp³-hybridized carbons (Fsp3) is 0.414. The Hall–Kier alpha value is -4.46. The molecule has 210 valence electrons. The van der Waals surface area contributed by atoms with Crippen LogP contribution < -0.4 is 10.6 Å². The second-order valence-electron chi connectivity index (χ2n) is 10.7. The summed E-state index contributed by atoms with van der Waals surface area (Å²) in [7, 11) is 0. The number of aromatic nitrogens is 2. The Morgan fingerprint density at radius 1 is 1.25 bits per heavy atom. The molecular formula is C29H34FN7O3. The van der Waals surface area contributed by atoms with E-state index >= 15 is 0 Å². The number of hydrazone groups is 1. The van der Waals surface area contributed by atoms with E-state index < -0.39 is 17.5 Å². The van der Waals surface area contributed by atoms with E-state index in [4.69, 9.17) is 20.3 Å². The predicted molar refractivity (Wildman–Crippen MR) is 150 cm³/mol. The summed E-state index contributed by atoms with van der Waals surface area (Å²) >= 11 is 0. The highest BCUT2D eigenvalue weighted by atomic mass is 19.1. The first-order valence-electron chi connectivity index (χ1n) is 13.1. The number of ether oxygens (including phenoxy) is 2. The number of benzene rings is 1. The number of halogens is 1. The molecule has 0 bridgehead atoms. The Kier molecular flexibility index (Phi) is 8.38. The van der Waals surface area contributed by atoms with Crippen molar-refractivity contribution in [1.82, 2.24) is 14.3 Å². The number of fused-ring (bicyclic) bond motifs is 1. The summed E-state index contributed by atoms with van der Waals surface area (Å²) in [6.45, 7) is 10.2.